The van der Waals surface area contributed by atoms with Crippen molar-refractivity contribution in [1.82, 2.24) is 4.98 Å². The number of nitrogens with two attached hydrogens (primary N) is 1. The lowest BCUT2D eigenvalue weighted by Gasteiger charge is -2.17. The van der Waals surface area contributed by atoms with E-state index in [-0.39, 0.29) is 11.9 Å². The lowest BCUT2D eigenvalue weighted by atomic mass is 9.98. The molecule has 0 fully saturated rings. The molecule has 0 saturated carbocycles. The highest BCUT2D eigenvalue weighted by Gasteiger charge is 2.15. The SMILES string of the molecule is COC(=O)Nc1ccc2c(c1)NC(=O)CCCC[C@H](N)c1cc-2ccn1. The molecular formula is C19H22N4O3. The van der Waals surface area contributed by atoms with Crippen molar-refractivity contribution in [2.75, 3.05) is 17.7 Å². The Morgan fingerprint density at radius 3 is 2.96 bits per heavy atom. The average molecular weight is 354 g/mol. The molecule has 0 radical (unpaired) electrons. The summed E-state index contributed by atoms with van der Waals surface area (Å²) in [6, 6.07) is 8.99. The minimum atomic E-state index is -0.568. The number of hydrogen-bond donors (Lipinski definition) is 3. The van der Waals surface area contributed by atoms with Crippen LogP contribution in [0.25, 0.3) is 11.1 Å². The maximum Gasteiger partial charge on any atom is 0.411 e. The molecule has 3 rings (SSSR count). The number of hydrogen-bond acceptors (Lipinski definition) is 5. The van der Waals surface area contributed by atoms with Gasteiger partial charge in [0, 0.05) is 29.9 Å². The van der Waals surface area contributed by atoms with Gasteiger partial charge >= 0.3 is 6.09 Å². The van der Waals surface area contributed by atoms with Crippen molar-refractivity contribution in [2.45, 2.75) is 31.7 Å². The number of carbonyl (C=O) groups is 2. The molecule has 7 nitrogen and oxygen atoms in total. The highest BCUT2D eigenvalue weighted by Crippen LogP contribution is 2.32. The van der Waals surface area contributed by atoms with E-state index in [0.717, 1.165) is 36.1 Å². The highest BCUT2D eigenvalue weighted by molar-refractivity contribution is 5.97. The fourth-order valence-electron chi connectivity index (χ4n) is 2.98. The van der Waals surface area contributed by atoms with E-state index in [9.17, 15) is 9.59 Å². The second-order valence-electron chi connectivity index (χ2n) is 6.25. The van der Waals surface area contributed by atoms with Gasteiger partial charge in [0.1, 0.15) is 0 Å². The molecule has 2 amide bonds. The molecule has 1 aromatic carbocycles. The summed E-state index contributed by atoms with van der Waals surface area (Å²) in [5.74, 6) is -0.0649. The zero-order valence-corrected chi connectivity index (χ0v) is 14.6. The van der Waals surface area contributed by atoms with Crippen molar-refractivity contribution < 1.29 is 14.3 Å². The van der Waals surface area contributed by atoms with Crippen LogP contribution in [0.15, 0.2) is 36.5 Å². The van der Waals surface area contributed by atoms with Crippen LogP contribution in [0, 0.1) is 0 Å². The van der Waals surface area contributed by atoms with Crippen molar-refractivity contribution in [2.24, 2.45) is 5.73 Å². The molecule has 2 bridgehead atoms. The van der Waals surface area contributed by atoms with Crippen molar-refractivity contribution in [3.8, 4) is 11.1 Å². The van der Waals surface area contributed by atoms with Gasteiger partial charge in [-0.15, -0.1) is 0 Å². The Kier molecular flexibility index (Phi) is 5.48. The van der Waals surface area contributed by atoms with Crippen LogP contribution in [0.1, 0.15) is 37.4 Å². The molecule has 4 N–H and O–H groups in total. The number of benzene rings is 1. The fourth-order valence-corrected chi connectivity index (χ4v) is 2.98. The third-order valence-electron chi connectivity index (χ3n) is 4.37. The van der Waals surface area contributed by atoms with E-state index in [1.54, 1.807) is 18.3 Å². The van der Waals surface area contributed by atoms with E-state index in [2.05, 4.69) is 20.4 Å². The Labute approximate surface area is 151 Å². The number of anilines is 2. The second kappa shape index (κ2) is 7.97. The fraction of sp³-hybridized carbons (Fsp3) is 0.316. The predicted molar refractivity (Wildman–Crippen MR) is 99.7 cm³/mol. The van der Waals surface area contributed by atoms with Gasteiger partial charge in [0.15, 0.2) is 0 Å². The van der Waals surface area contributed by atoms with Crippen molar-refractivity contribution in [3.63, 3.8) is 0 Å². The van der Waals surface area contributed by atoms with Crippen LogP contribution in [0.5, 0.6) is 0 Å². The van der Waals surface area contributed by atoms with Gasteiger partial charge in [-0.25, -0.2) is 4.79 Å². The number of nitrogens with one attached hydrogen (secondary N) is 2. The van der Waals surface area contributed by atoms with Crippen molar-refractivity contribution in [3.05, 3.63) is 42.2 Å². The number of carbonyl (C=O) groups excluding carboxylic acids is 2. The number of pyridine rings is 1. The van der Waals surface area contributed by atoms with Gasteiger partial charge in [0.05, 0.1) is 18.5 Å². The molecule has 2 heterocycles. The van der Waals surface area contributed by atoms with E-state index in [1.165, 1.54) is 7.11 Å². The zero-order chi connectivity index (χ0) is 18.5. The van der Waals surface area contributed by atoms with E-state index in [0.29, 0.717) is 17.8 Å². The zero-order valence-electron chi connectivity index (χ0n) is 14.6. The molecule has 0 saturated heterocycles. The van der Waals surface area contributed by atoms with Crippen LogP contribution < -0.4 is 16.4 Å². The van der Waals surface area contributed by atoms with Crippen LogP contribution in [-0.2, 0) is 9.53 Å². The second-order valence-corrected chi connectivity index (χ2v) is 6.25. The first-order chi connectivity index (χ1) is 12.6. The first kappa shape index (κ1) is 17.9. The standard InChI is InChI=1S/C19H22N4O3/c1-26-19(25)22-13-6-7-14-12-8-9-21-17(10-12)15(20)4-2-3-5-18(24)23-16(14)11-13/h6-11,15H,2-5,20H2,1H3,(H,22,25)(H,23,24)/t15-/m0/s1. The third kappa shape index (κ3) is 4.18. The topological polar surface area (TPSA) is 106 Å². The van der Waals surface area contributed by atoms with Gasteiger partial charge in [0.2, 0.25) is 5.91 Å². The lowest BCUT2D eigenvalue weighted by Crippen LogP contribution is -2.16. The van der Waals surface area contributed by atoms with Gasteiger partial charge in [-0.05, 0) is 42.7 Å². The van der Waals surface area contributed by atoms with Gasteiger partial charge in [-0.3, -0.25) is 15.1 Å². The van der Waals surface area contributed by atoms with Crippen LogP contribution in [0.2, 0.25) is 0 Å². The molecule has 26 heavy (non-hydrogen) atoms. The Morgan fingerprint density at radius 1 is 1.31 bits per heavy atom. The lowest BCUT2D eigenvalue weighted by molar-refractivity contribution is -0.116. The molecule has 1 aromatic heterocycles. The molecule has 0 spiro atoms. The summed E-state index contributed by atoms with van der Waals surface area (Å²) in [5.41, 5.74) is 9.98. The minimum absolute atomic E-state index is 0.0649. The third-order valence-corrected chi connectivity index (χ3v) is 4.37. The van der Waals surface area contributed by atoms with E-state index in [1.807, 2.05) is 18.2 Å². The summed E-state index contributed by atoms with van der Waals surface area (Å²) >= 11 is 0. The van der Waals surface area contributed by atoms with Crippen LogP contribution in [-0.4, -0.2) is 24.1 Å². The number of aromatic nitrogens is 1. The molecule has 0 unspecified atom stereocenters. The minimum Gasteiger partial charge on any atom is -0.453 e. The summed E-state index contributed by atoms with van der Waals surface area (Å²) in [6.07, 6.45) is 3.98. The monoisotopic (exact) mass is 354 g/mol. The average Bonchev–Trinajstić information content (AvgIpc) is 2.64. The Balaban J connectivity index is 2.05. The molecule has 2 aromatic rings. The molecule has 1 aliphatic rings. The molecule has 1 aliphatic heterocycles. The number of methoxy groups -OCH3 is 1. The van der Waals surface area contributed by atoms with Crippen LogP contribution in [0.3, 0.4) is 0 Å². The van der Waals surface area contributed by atoms with Crippen LogP contribution >= 0.6 is 0 Å². The summed E-state index contributed by atoms with van der Waals surface area (Å²) < 4.78 is 4.62. The summed E-state index contributed by atoms with van der Waals surface area (Å²) in [4.78, 5) is 28.1. The molecule has 1 atom stereocenters. The van der Waals surface area contributed by atoms with Gasteiger partial charge in [-0.2, -0.15) is 0 Å². The largest absolute Gasteiger partial charge is 0.453 e. The smallest absolute Gasteiger partial charge is 0.411 e. The van der Waals surface area contributed by atoms with Gasteiger partial charge in [-0.1, -0.05) is 12.5 Å². The van der Waals surface area contributed by atoms with E-state index in [4.69, 9.17) is 5.73 Å². The highest BCUT2D eigenvalue weighted by atomic mass is 16.5. The van der Waals surface area contributed by atoms with E-state index >= 15 is 0 Å². The number of fused-ring (bicyclic) bond motifs is 4. The summed E-state index contributed by atoms with van der Waals surface area (Å²) in [7, 11) is 1.30. The normalized spacial score (nSPS) is 17.2. The number of nitrogens with zero attached hydrogens (tertiary/aromatic N) is 1. The number of rotatable bonds is 1. The summed E-state index contributed by atoms with van der Waals surface area (Å²) in [6.45, 7) is 0. The molecule has 136 valence electrons. The molecule has 7 heteroatoms. The number of ether oxygens (including phenoxy) is 1. The maximum atomic E-state index is 12.3. The van der Waals surface area contributed by atoms with Crippen molar-refractivity contribution in [1.29, 1.82) is 0 Å². The first-order valence-electron chi connectivity index (χ1n) is 8.57. The quantitative estimate of drug-likeness (QED) is 0.727. The van der Waals surface area contributed by atoms with Gasteiger partial charge in [0.25, 0.3) is 0 Å². The summed E-state index contributed by atoms with van der Waals surface area (Å²) in [5, 5.41) is 5.56. The maximum absolute atomic E-state index is 12.3. The Bertz CT molecular complexity index is 822. The number of amides is 2. The Hall–Kier alpha value is -2.93. The van der Waals surface area contributed by atoms with Gasteiger partial charge < -0.3 is 15.8 Å². The van der Waals surface area contributed by atoms with Crippen molar-refractivity contribution >= 4 is 23.4 Å². The van der Waals surface area contributed by atoms with E-state index < -0.39 is 6.09 Å². The Morgan fingerprint density at radius 2 is 2.15 bits per heavy atom. The first-order valence-corrected chi connectivity index (χ1v) is 8.57. The van der Waals surface area contributed by atoms with Crippen LogP contribution in [0.4, 0.5) is 16.2 Å². The predicted octanol–water partition coefficient (Wildman–Crippen LogP) is 3.44. The molecule has 0 aliphatic carbocycles. The molecular weight excluding hydrogens is 332 g/mol.